The summed E-state index contributed by atoms with van der Waals surface area (Å²) in [5.74, 6) is 0.461. The average Bonchev–Trinajstić information content (AvgIpc) is 2.49. The van der Waals surface area contributed by atoms with E-state index in [0.29, 0.717) is 29.3 Å². The largest absolute Gasteiger partial charge is 0.438 e. The van der Waals surface area contributed by atoms with Gasteiger partial charge in [0, 0.05) is 38.5 Å². The highest BCUT2D eigenvalue weighted by molar-refractivity contribution is 9.10. The van der Waals surface area contributed by atoms with Gasteiger partial charge in [0.2, 0.25) is 5.88 Å². The number of nitrogens with one attached hydrogen (secondary N) is 1. The normalized spacial score (nSPS) is 10.6. The predicted molar refractivity (Wildman–Crippen MR) is 82.0 cm³/mol. The summed E-state index contributed by atoms with van der Waals surface area (Å²) in [5.41, 5.74) is 1.04. The van der Waals surface area contributed by atoms with Crippen LogP contribution in [0.2, 0.25) is 0 Å². The number of hydrogen-bond donors (Lipinski definition) is 1. The van der Waals surface area contributed by atoms with E-state index in [0.717, 1.165) is 12.1 Å². The standard InChI is InChI=1S/C15H16BrFN2O2/c1-20-7-6-18-9-11-2-5-15(19-10-11)21-14-8-12(17)3-4-13(14)16/h2-5,8,10,18H,6-7,9H2,1H3. The van der Waals surface area contributed by atoms with Gasteiger partial charge in [-0.2, -0.15) is 0 Å². The second kappa shape index (κ2) is 8.07. The minimum Gasteiger partial charge on any atom is -0.438 e. The van der Waals surface area contributed by atoms with E-state index in [1.54, 1.807) is 25.4 Å². The molecule has 6 heteroatoms. The fourth-order valence-corrected chi connectivity index (χ4v) is 1.98. The van der Waals surface area contributed by atoms with Crippen molar-refractivity contribution in [3.05, 3.63) is 52.4 Å². The lowest BCUT2D eigenvalue weighted by atomic mass is 10.3. The molecule has 0 unspecified atom stereocenters. The fraction of sp³-hybridized carbons (Fsp3) is 0.267. The van der Waals surface area contributed by atoms with Crippen LogP contribution >= 0.6 is 15.9 Å². The summed E-state index contributed by atoms with van der Waals surface area (Å²) < 4.78 is 24.4. The van der Waals surface area contributed by atoms with Crippen molar-refractivity contribution < 1.29 is 13.9 Å². The molecule has 0 fully saturated rings. The van der Waals surface area contributed by atoms with Crippen LogP contribution in [0.5, 0.6) is 11.6 Å². The van der Waals surface area contributed by atoms with Gasteiger partial charge in [0.1, 0.15) is 11.6 Å². The Bertz CT molecular complexity index is 578. The van der Waals surface area contributed by atoms with E-state index >= 15 is 0 Å². The zero-order valence-electron chi connectivity index (χ0n) is 11.6. The van der Waals surface area contributed by atoms with Gasteiger partial charge in [-0.05, 0) is 33.6 Å². The first-order valence-corrected chi connectivity index (χ1v) is 7.26. The van der Waals surface area contributed by atoms with Gasteiger partial charge < -0.3 is 14.8 Å². The van der Waals surface area contributed by atoms with Crippen LogP contribution in [-0.2, 0) is 11.3 Å². The molecule has 0 saturated heterocycles. The lowest BCUT2D eigenvalue weighted by molar-refractivity contribution is 0.199. The second-order valence-electron chi connectivity index (χ2n) is 4.35. The molecule has 0 aliphatic rings. The SMILES string of the molecule is COCCNCc1ccc(Oc2cc(F)ccc2Br)nc1. The summed E-state index contributed by atoms with van der Waals surface area (Å²) in [6.07, 6.45) is 1.72. The van der Waals surface area contributed by atoms with Gasteiger partial charge in [-0.1, -0.05) is 6.07 Å². The highest BCUT2D eigenvalue weighted by Gasteiger charge is 2.05. The molecule has 1 aromatic carbocycles. The quantitative estimate of drug-likeness (QED) is 0.772. The molecule has 112 valence electrons. The molecule has 0 radical (unpaired) electrons. The van der Waals surface area contributed by atoms with Gasteiger partial charge >= 0.3 is 0 Å². The molecule has 4 nitrogen and oxygen atoms in total. The van der Waals surface area contributed by atoms with Gasteiger partial charge in [-0.15, -0.1) is 0 Å². The smallest absolute Gasteiger partial charge is 0.219 e. The summed E-state index contributed by atoms with van der Waals surface area (Å²) in [6, 6.07) is 7.93. The van der Waals surface area contributed by atoms with Crippen LogP contribution < -0.4 is 10.1 Å². The fourth-order valence-electron chi connectivity index (χ4n) is 1.65. The third-order valence-corrected chi connectivity index (χ3v) is 3.37. The van der Waals surface area contributed by atoms with E-state index in [9.17, 15) is 4.39 Å². The molecule has 0 spiro atoms. The topological polar surface area (TPSA) is 43.4 Å². The Labute approximate surface area is 131 Å². The first-order chi connectivity index (χ1) is 10.2. The van der Waals surface area contributed by atoms with E-state index in [1.807, 2.05) is 6.07 Å². The van der Waals surface area contributed by atoms with Gasteiger partial charge in [0.25, 0.3) is 0 Å². The lowest BCUT2D eigenvalue weighted by Crippen LogP contribution is -2.18. The number of rotatable bonds is 7. The molecule has 2 rings (SSSR count). The molecule has 21 heavy (non-hydrogen) atoms. The van der Waals surface area contributed by atoms with E-state index in [1.165, 1.54) is 12.1 Å². The van der Waals surface area contributed by atoms with Crippen LogP contribution in [0.4, 0.5) is 4.39 Å². The molecule has 0 aliphatic carbocycles. The predicted octanol–water partition coefficient (Wildman–Crippen LogP) is 3.51. The molecule has 1 heterocycles. The third kappa shape index (κ3) is 5.08. The van der Waals surface area contributed by atoms with E-state index in [2.05, 4.69) is 26.2 Å². The number of ether oxygens (including phenoxy) is 2. The summed E-state index contributed by atoms with van der Waals surface area (Å²) in [4.78, 5) is 4.21. The number of halogens is 2. The summed E-state index contributed by atoms with van der Waals surface area (Å²) in [6.45, 7) is 2.16. The average molecular weight is 355 g/mol. The molecular weight excluding hydrogens is 339 g/mol. The van der Waals surface area contributed by atoms with Crippen molar-refractivity contribution in [3.8, 4) is 11.6 Å². The Morgan fingerprint density at radius 2 is 2.14 bits per heavy atom. The van der Waals surface area contributed by atoms with Crippen molar-refractivity contribution >= 4 is 15.9 Å². The van der Waals surface area contributed by atoms with Crippen molar-refractivity contribution in [2.45, 2.75) is 6.54 Å². The van der Waals surface area contributed by atoms with Crippen molar-refractivity contribution in [1.29, 1.82) is 0 Å². The number of nitrogens with zero attached hydrogens (tertiary/aromatic N) is 1. The highest BCUT2D eigenvalue weighted by atomic mass is 79.9. The van der Waals surface area contributed by atoms with Gasteiger partial charge in [-0.3, -0.25) is 0 Å². The molecule has 0 bridgehead atoms. The van der Waals surface area contributed by atoms with Crippen molar-refractivity contribution in [2.24, 2.45) is 0 Å². The summed E-state index contributed by atoms with van der Waals surface area (Å²) >= 11 is 3.31. The Morgan fingerprint density at radius 3 is 2.86 bits per heavy atom. The van der Waals surface area contributed by atoms with Crippen LogP contribution in [0, 0.1) is 5.82 Å². The molecule has 1 aromatic heterocycles. The highest BCUT2D eigenvalue weighted by Crippen LogP contribution is 2.29. The Morgan fingerprint density at radius 1 is 1.29 bits per heavy atom. The van der Waals surface area contributed by atoms with Crippen LogP contribution in [0.1, 0.15) is 5.56 Å². The summed E-state index contributed by atoms with van der Waals surface area (Å²) in [7, 11) is 1.67. The number of hydrogen-bond acceptors (Lipinski definition) is 4. The maximum Gasteiger partial charge on any atom is 0.219 e. The van der Waals surface area contributed by atoms with Crippen molar-refractivity contribution in [1.82, 2.24) is 10.3 Å². The van der Waals surface area contributed by atoms with Crippen LogP contribution in [-0.4, -0.2) is 25.2 Å². The van der Waals surface area contributed by atoms with Gasteiger partial charge in [0.05, 0.1) is 11.1 Å². The lowest BCUT2D eigenvalue weighted by Gasteiger charge is -2.08. The third-order valence-electron chi connectivity index (χ3n) is 2.72. The summed E-state index contributed by atoms with van der Waals surface area (Å²) in [5, 5.41) is 3.23. The molecule has 0 atom stereocenters. The maximum absolute atomic E-state index is 13.2. The van der Waals surface area contributed by atoms with E-state index < -0.39 is 0 Å². The molecule has 0 amide bonds. The second-order valence-corrected chi connectivity index (χ2v) is 5.21. The van der Waals surface area contributed by atoms with E-state index in [-0.39, 0.29) is 5.82 Å². The molecule has 2 aromatic rings. The van der Waals surface area contributed by atoms with Crippen molar-refractivity contribution in [3.63, 3.8) is 0 Å². The van der Waals surface area contributed by atoms with Gasteiger partial charge in [0.15, 0.2) is 0 Å². The van der Waals surface area contributed by atoms with E-state index in [4.69, 9.17) is 9.47 Å². The van der Waals surface area contributed by atoms with Crippen LogP contribution in [0.15, 0.2) is 41.0 Å². The number of aromatic nitrogens is 1. The Kier molecular flexibility index (Phi) is 6.10. The zero-order chi connectivity index (χ0) is 15.1. The number of pyridine rings is 1. The monoisotopic (exact) mass is 354 g/mol. The number of benzene rings is 1. The zero-order valence-corrected chi connectivity index (χ0v) is 13.2. The first kappa shape index (κ1) is 15.9. The Hall–Kier alpha value is -1.50. The molecular formula is C15H16BrFN2O2. The van der Waals surface area contributed by atoms with Crippen LogP contribution in [0.3, 0.4) is 0 Å². The molecule has 0 aliphatic heterocycles. The minimum atomic E-state index is -0.354. The van der Waals surface area contributed by atoms with Crippen LogP contribution in [0.25, 0.3) is 0 Å². The number of methoxy groups -OCH3 is 1. The Balaban J connectivity index is 1.94. The first-order valence-electron chi connectivity index (χ1n) is 6.46. The maximum atomic E-state index is 13.2. The molecule has 1 N–H and O–H groups in total. The van der Waals surface area contributed by atoms with Crippen molar-refractivity contribution in [2.75, 3.05) is 20.3 Å². The minimum absolute atomic E-state index is 0.354. The molecule has 0 saturated carbocycles. The van der Waals surface area contributed by atoms with Gasteiger partial charge in [-0.25, -0.2) is 9.37 Å².